The molecule has 4 aliphatic rings. The Kier molecular flexibility index (Phi) is 10.1. The highest BCUT2D eigenvalue weighted by Gasteiger charge is 2.46. The van der Waals surface area contributed by atoms with E-state index in [1.165, 1.54) is 24.1 Å². The van der Waals surface area contributed by atoms with Gasteiger partial charge in [0.05, 0.1) is 36.8 Å². The van der Waals surface area contributed by atoms with Gasteiger partial charge < -0.3 is 40.2 Å². The van der Waals surface area contributed by atoms with Crippen molar-refractivity contribution in [1.82, 2.24) is 50.3 Å². The van der Waals surface area contributed by atoms with E-state index in [1.807, 2.05) is 0 Å². The lowest BCUT2D eigenvalue weighted by atomic mass is 10.1. The molecule has 2 aliphatic heterocycles. The molecule has 3 aromatic heterocycles. The topological polar surface area (TPSA) is 211 Å². The van der Waals surface area contributed by atoms with E-state index in [-0.39, 0.29) is 46.8 Å². The minimum atomic E-state index is -4.78. The molecule has 4 aromatic rings. The van der Waals surface area contributed by atoms with Crippen LogP contribution in [-0.2, 0) is 20.5 Å². The van der Waals surface area contributed by atoms with Gasteiger partial charge in [-0.15, -0.1) is 0 Å². The maximum absolute atomic E-state index is 14.4. The Morgan fingerprint density at radius 2 is 1.33 bits per heavy atom. The van der Waals surface area contributed by atoms with E-state index in [9.17, 15) is 37.5 Å². The Bertz CT molecular complexity index is 2150. The SMILES string of the molecule is COC(=O)NC(C(=O)N1CCC[C@H]1c1nc(C(F)(F)F)c(-c2ccc(-c3ncc(-c4cnc(C5CCCN5C(=O)C(NC(=O)O)C5CC5)[nH]4)cn3)cc2)[nH]1)C1CC1. The smallest absolute Gasteiger partial charge is 0.435 e. The van der Waals surface area contributed by atoms with E-state index in [0.29, 0.717) is 60.8 Å². The fourth-order valence-electron chi connectivity index (χ4n) is 7.95. The number of amides is 4. The molecule has 16 nitrogen and oxygen atoms in total. The molecule has 4 amide bonds. The molecule has 3 unspecified atom stereocenters. The second kappa shape index (κ2) is 15.2. The summed E-state index contributed by atoms with van der Waals surface area (Å²) in [4.78, 5) is 77.1. The van der Waals surface area contributed by atoms with Crippen LogP contribution >= 0.6 is 0 Å². The summed E-state index contributed by atoms with van der Waals surface area (Å²) in [5.74, 6) is 0.249. The highest BCUT2D eigenvalue weighted by molar-refractivity contribution is 5.87. The van der Waals surface area contributed by atoms with Gasteiger partial charge in [0.25, 0.3) is 0 Å². The number of hydrogen-bond donors (Lipinski definition) is 5. The van der Waals surface area contributed by atoms with Crippen molar-refractivity contribution in [3.8, 4) is 33.9 Å². The van der Waals surface area contributed by atoms with Crippen LogP contribution in [0.15, 0.2) is 42.9 Å². The Hall–Kier alpha value is -6.01. The molecule has 1 aromatic carbocycles. The first-order valence-corrected chi connectivity index (χ1v) is 19.0. The van der Waals surface area contributed by atoms with Gasteiger partial charge in [0.15, 0.2) is 11.5 Å². The van der Waals surface area contributed by atoms with Crippen molar-refractivity contribution >= 4 is 24.0 Å². The minimum absolute atomic E-state index is 0.000719. The number of nitrogens with zero attached hydrogens (tertiary/aromatic N) is 6. The lowest BCUT2D eigenvalue weighted by molar-refractivity contribution is -0.140. The molecule has 4 fully saturated rings. The number of imidazole rings is 2. The third-order valence-electron chi connectivity index (χ3n) is 11.1. The lowest BCUT2D eigenvalue weighted by Crippen LogP contribution is -2.49. The number of carboxylic acid groups (broad SMARTS) is 1. The number of rotatable bonds is 11. The second-order valence-corrected chi connectivity index (χ2v) is 15.0. The number of H-pyrrole nitrogens is 2. The zero-order chi connectivity index (χ0) is 40.0. The van der Waals surface area contributed by atoms with Gasteiger partial charge in [-0.3, -0.25) is 9.59 Å². The third kappa shape index (κ3) is 7.86. The zero-order valence-electron chi connectivity index (χ0n) is 30.9. The van der Waals surface area contributed by atoms with Crippen LogP contribution in [-0.4, -0.2) is 101 Å². The molecule has 5 heterocycles. The summed E-state index contributed by atoms with van der Waals surface area (Å²) in [6.07, 6.45) is 3.56. The Morgan fingerprint density at radius 3 is 1.88 bits per heavy atom. The monoisotopic (exact) mass is 790 g/mol. The summed E-state index contributed by atoms with van der Waals surface area (Å²) in [5.41, 5.74) is 0.698. The molecule has 4 atom stereocenters. The van der Waals surface area contributed by atoms with Crippen molar-refractivity contribution in [3.05, 3.63) is 60.2 Å². The van der Waals surface area contributed by atoms with E-state index in [0.717, 1.165) is 32.1 Å². The molecule has 5 N–H and O–H groups in total. The summed E-state index contributed by atoms with van der Waals surface area (Å²) in [5, 5.41) is 14.3. The molecule has 8 rings (SSSR count). The summed E-state index contributed by atoms with van der Waals surface area (Å²) in [7, 11) is 1.20. The van der Waals surface area contributed by atoms with Gasteiger partial charge in [0.2, 0.25) is 11.8 Å². The number of methoxy groups -OCH3 is 1. The fourth-order valence-corrected chi connectivity index (χ4v) is 7.95. The van der Waals surface area contributed by atoms with Gasteiger partial charge in [-0.25, -0.2) is 29.5 Å². The quantitative estimate of drug-likeness (QED) is 0.130. The van der Waals surface area contributed by atoms with Gasteiger partial charge in [-0.1, -0.05) is 24.3 Å². The van der Waals surface area contributed by atoms with Crippen LogP contribution in [0.3, 0.4) is 0 Å². The van der Waals surface area contributed by atoms with Crippen molar-refractivity contribution in [3.63, 3.8) is 0 Å². The Balaban J connectivity index is 0.971. The van der Waals surface area contributed by atoms with Crippen molar-refractivity contribution in [2.24, 2.45) is 11.8 Å². The highest BCUT2D eigenvalue weighted by atomic mass is 19.4. The van der Waals surface area contributed by atoms with E-state index in [2.05, 4.69) is 40.5 Å². The molecular formula is C38H41F3N10O6. The second-order valence-electron chi connectivity index (χ2n) is 15.0. The predicted octanol–water partition coefficient (Wildman–Crippen LogP) is 5.45. The van der Waals surface area contributed by atoms with Crippen LogP contribution in [0.25, 0.3) is 33.9 Å². The first-order chi connectivity index (χ1) is 27.4. The number of halogens is 3. The molecule has 57 heavy (non-hydrogen) atoms. The van der Waals surface area contributed by atoms with Crippen LogP contribution in [0.4, 0.5) is 22.8 Å². The van der Waals surface area contributed by atoms with Crippen molar-refractivity contribution in [1.29, 1.82) is 0 Å². The number of aromatic nitrogens is 6. The molecule has 2 saturated heterocycles. The normalized spacial score (nSPS) is 20.6. The van der Waals surface area contributed by atoms with Crippen LogP contribution < -0.4 is 10.6 Å². The van der Waals surface area contributed by atoms with Gasteiger partial charge in [0, 0.05) is 42.2 Å². The van der Waals surface area contributed by atoms with Gasteiger partial charge in [0.1, 0.15) is 23.7 Å². The van der Waals surface area contributed by atoms with E-state index in [4.69, 9.17) is 4.74 Å². The number of hydrogen-bond acceptors (Lipinski definition) is 9. The first kappa shape index (κ1) is 37.9. The molecule has 0 spiro atoms. The van der Waals surface area contributed by atoms with Gasteiger partial charge in [-0.2, -0.15) is 13.2 Å². The number of likely N-dealkylation sites (tertiary alicyclic amines) is 2. The lowest BCUT2D eigenvalue weighted by Gasteiger charge is -2.28. The summed E-state index contributed by atoms with van der Waals surface area (Å²) in [6, 6.07) is 3.61. The number of carbonyl (C=O) groups is 4. The van der Waals surface area contributed by atoms with Crippen LogP contribution in [0.2, 0.25) is 0 Å². The number of nitrogens with one attached hydrogen (secondary N) is 4. The fraction of sp³-hybridized carbons (Fsp3) is 0.474. The standard InChI is InChI=1S/C38H41F3N10O6/c1-57-37(56)48-29(21-8-9-21)35(53)51-15-3-5-26(51)33-46-27(30(49-33)38(39,40)41)19-10-12-22(13-11-19)31-42-16-23(17-43-31)24-18-44-32(45-24)25-4-2-14-50(25)34(52)28(20-6-7-20)47-36(54)55/h10-13,16-18,20-21,25-26,28-29,47H,2-9,14-15H2,1H3,(H,44,45)(H,46,49)(H,48,56)(H,54,55)/t25?,26-,28?,29?/m0/s1. The molecule has 2 aliphatic carbocycles. The summed E-state index contributed by atoms with van der Waals surface area (Å²) in [6.45, 7) is 0.815. The summed E-state index contributed by atoms with van der Waals surface area (Å²) >= 11 is 0. The number of benzene rings is 1. The van der Waals surface area contributed by atoms with E-state index < -0.39 is 42.2 Å². The van der Waals surface area contributed by atoms with Crippen LogP contribution in [0, 0.1) is 11.8 Å². The van der Waals surface area contributed by atoms with Crippen LogP contribution in [0.1, 0.15) is 80.8 Å². The average Bonchev–Trinajstić information content (AvgIpc) is 3.94. The Morgan fingerprint density at radius 1 is 0.772 bits per heavy atom. The number of alkyl carbamates (subject to hydrolysis) is 1. The average molecular weight is 791 g/mol. The molecule has 0 bridgehead atoms. The number of carbonyl (C=O) groups excluding carboxylic acids is 3. The molecule has 2 saturated carbocycles. The molecule has 300 valence electrons. The van der Waals surface area contributed by atoms with Gasteiger partial charge >= 0.3 is 18.4 Å². The van der Waals surface area contributed by atoms with E-state index >= 15 is 0 Å². The number of alkyl halides is 3. The first-order valence-electron chi connectivity index (χ1n) is 19.0. The predicted molar refractivity (Wildman–Crippen MR) is 195 cm³/mol. The largest absolute Gasteiger partial charge is 0.465 e. The zero-order valence-corrected chi connectivity index (χ0v) is 30.9. The maximum Gasteiger partial charge on any atom is 0.435 e. The number of ether oxygens (including phenoxy) is 1. The minimum Gasteiger partial charge on any atom is -0.465 e. The summed E-state index contributed by atoms with van der Waals surface area (Å²) < 4.78 is 47.9. The maximum atomic E-state index is 14.4. The van der Waals surface area contributed by atoms with Gasteiger partial charge in [-0.05, 0) is 63.2 Å². The molecule has 0 radical (unpaired) electrons. The number of aromatic amines is 2. The Labute approximate surface area is 324 Å². The van der Waals surface area contributed by atoms with Crippen LogP contribution in [0.5, 0.6) is 0 Å². The van der Waals surface area contributed by atoms with Crippen molar-refractivity contribution in [2.45, 2.75) is 81.7 Å². The van der Waals surface area contributed by atoms with Crippen molar-refractivity contribution in [2.75, 3.05) is 20.2 Å². The van der Waals surface area contributed by atoms with Crippen molar-refractivity contribution < 1.29 is 42.2 Å². The molecular weight excluding hydrogens is 749 g/mol. The highest BCUT2D eigenvalue weighted by Crippen LogP contribution is 2.42. The molecule has 19 heteroatoms. The third-order valence-corrected chi connectivity index (χ3v) is 11.1. The van der Waals surface area contributed by atoms with E-state index in [1.54, 1.807) is 35.6 Å².